The monoisotopic (exact) mass is 363 g/mol. The highest BCUT2D eigenvalue weighted by molar-refractivity contribution is 7.89. The van der Waals surface area contributed by atoms with Crippen LogP contribution in [0, 0.1) is 5.41 Å². The van der Waals surface area contributed by atoms with Crippen molar-refractivity contribution in [2.24, 2.45) is 5.41 Å². The topological polar surface area (TPSA) is 46.2 Å². The van der Waals surface area contributed by atoms with Crippen LogP contribution in [0.4, 0.5) is 0 Å². The van der Waals surface area contributed by atoms with Crippen LogP contribution in [0.2, 0.25) is 8.67 Å². The Morgan fingerprint density at radius 2 is 2.00 bits per heavy atom. The molecular weight excluding hydrogens is 349 g/mol. The van der Waals surface area contributed by atoms with Gasteiger partial charge >= 0.3 is 0 Å². The van der Waals surface area contributed by atoms with Gasteiger partial charge in [-0.25, -0.2) is 13.1 Å². The first-order chi connectivity index (χ1) is 8.68. The van der Waals surface area contributed by atoms with E-state index in [9.17, 15) is 8.42 Å². The molecule has 0 aliphatic rings. The molecule has 0 bridgehead atoms. The average Bonchev–Trinajstić information content (AvgIpc) is 2.65. The molecule has 0 saturated heterocycles. The van der Waals surface area contributed by atoms with E-state index in [0.29, 0.717) is 16.8 Å². The predicted octanol–water partition coefficient (Wildman–Crippen LogP) is 4.38. The lowest BCUT2D eigenvalue weighted by Gasteiger charge is -2.24. The molecule has 0 atom stereocenters. The highest BCUT2D eigenvalue weighted by atomic mass is 35.5. The Morgan fingerprint density at radius 1 is 1.37 bits per heavy atom. The van der Waals surface area contributed by atoms with Gasteiger partial charge in [0.05, 0.1) is 4.34 Å². The maximum atomic E-state index is 12.1. The molecule has 1 aromatic rings. The lowest BCUT2D eigenvalue weighted by atomic mass is 9.88. The van der Waals surface area contributed by atoms with Gasteiger partial charge in [-0.1, -0.05) is 37.0 Å². The highest BCUT2D eigenvalue weighted by Crippen LogP contribution is 2.34. The summed E-state index contributed by atoms with van der Waals surface area (Å²) in [5.41, 5.74) is -0.158. The standard InChI is InChI=1S/C11H16Cl3NO2S2/c1-11(2,4-3-5-12)7-15-19(16,17)8-6-9(13)18-10(8)14/h6,15H,3-5,7H2,1-2H3. The molecule has 1 heterocycles. The number of nitrogens with one attached hydrogen (secondary N) is 1. The predicted molar refractivity (Wildman–Crippen MR) is 83.3 cm³/mol. The van der Waals surface area contributed by atoms with Crippen molar-refractivity contribution in [3.63, 3.8) is 0 Å². The minimum Gasteiger partial charge on any atom is -0.211 e. The molecule has 1 aromatic heterocycles. The quantitative estimate of drug-likeness (QED) is 0.730. The first-order valence-corrected chi connectivity index (χ1v) is 9.27. The Labute approximate surface area is 133 Å². The second-order valence-electron chi connectivity index (χ2n) is 4.97. The highest BCUT2D eigenvalue weighted by Gasteiger charge is 2.25. The minimum absolute atomic E-state index is 0.0392. The van der Waals surface area contributed by atoms with E-state index >= 15 is 0 Å². The molecule has 0 aromatic carbocycles. The summed E-state index contributed by atoms with van der Waals surface area (Å²) in [5, 5.41) is 0. The zero-order chi connectivity index (χ0) is 14.7. The van der Waals surface area contributed by atoms with Gasteiger partial charge in [-0.3, -0.25) is 0 Å². The Kier molecular flexibility index (Phi) is 6.42. The van der Waals surface area contributed by atoms with Crippen LogP contribution in [-0.4, -0.2) is 20.8 Å². The third-order valence-corrected chi connectivity index (χ3v) is 6.06. The minimum atomic E-state index is -3.62. The molecule has 1 N–H and O–H groups in total. The van der Waals surface area contributed by atoms with E-state index in [1.807, 2.05) is 13.8 Å². The molecule has 1 rings (SSSR count). The largest absolute Gasteiger partial charge is 0.242 e. The molecule has 0 fully saturated rings. The molecule has 8 heteroatoms. The van der Waals surface area contributed by atoms with Gasteiger partial charge in [-0.2, -0.15) is 0 Å². The van der Waals surface area contributed by atoms with Crippen LogP contribution in [0.5, 0.6) is 0 Å². The third kappa shape index (κ3) is 5.40. The summed E-state index contributed by atoms with van der Waals surface area (Å²) >= 11 is 18.3. The fraction of sp³-hybridized carbons (Fsp3) is 0.636. The van der Waals surface area contributed by atoms with Crippen LogP contribution in [0.1, 0.15) is 26.7 Å². The lowest BCUT2D eigenvalue weighted by molar-refractivity contribution is 0.331. The van der Waals surface area contributed by atoms with Gasteiger partial charge < -0.3 is 0 Å². The normalized spacial score (nSPS) is 12.9. The number of hydrogen-bond donors (Lipinski definition) is 1. The van der Waals surface area contributed by atoms with Crippen LogP contribution in [0.15, 0.2) is 11.0 Å². The zero-order valence-corrected chi connectivity index (χ0v) is 14.6. The van der Waals surface area contributed by atoms with E-state index in [1.165, 1.54) is 6.07 Å². The van der Waals surface area contributed by atoms with Gasteiger partial charge in [0.25, 0.3) is 0 Å². The maximum absolute atomic E-state index is 12.1. The van der Waals surface area contributed by atoms with Gasteiger partial charge in [-0.15, -0.1) is 22.9 Å². The second-order valence-corrected chi connectivity index (χ2v) is 9.37. The third-order valence-electron chi connectivity index (χ3n) is 2.64. The summed E-state index contributed by atoms with van der Waals surface area (Å²) in [6, 6.07) is 1.36. The summed E-state index contributed by atoms with van der Waals surface area (Å²) in [4.78, 5) is 0.0392. The smallest absolute Gasteiger partial charge is 0.211 e. The van der Waals surface area contributed by atoms with E-state index in [1.54, 1.807) is 0 Å². The first kappa shape index (κ1) is 17.5. The summed E-state index contributed by atoms with van der Waals surface area (Å²) in [5.74, 6) is 0.572. The summed E-state index contributed by atoms with van der Waals surface area (Å²) in [7, 11) is -3.62. The summed E-state index contributed by atoms with van der Waals surface area (Å²) in [6.07, 6.45) is 1.69. The van der Waals surface area contributed by atoms with Crippen molar-refractivity contribution in [2.45, 2.75) is 31.6 Å². The van der Waals surface area contributed by atoms with Gasteiger partial charge in [0.1, 0.15) is 9.23 Å². The molecule has 0 amide bonds. The van der Waals surface area contributed by atoms with Crippen molar-refractivity contribution >= 4 is 56.2 Å². The molecule has 0 radical (unpaired) electrons. The Balaban J connectivity index is 2.73. The molecule has 19 heavy (non-hydrogen) atoms. The molecule has 0 saturated carbocycles. The van der Waals surface area contributed by atoms with E-state index in [0.717, 1.165) is 24.2 Å². The molecule has 3 nitrogen and oxygen atoms in total. The number of sulfonamides is 1. The van der Waals surface area contributed by atoms with Crippen molar-refractivity contribution < 1.29 is 8.42 Å². The number of halogens is 3. The number of alkyl halides is 1. The molecule has 0 unspecified atom stereocenters. The SMILES string of the molecule is CC(C)(CCCCl)CNS(=O)(=O)c1cc(Cl)sc1Cl. The fourth-order valence-electron chi connectivity index (χ4n) is 1.51. The molecular formula is C11H16Cl3NO2S2. The first-order valence-electron chi connectivity index (χ1n) is 5.68. The number of thiophene rings is 1. The van der Waals surface area contributed by atoms with Crippen molar-refractivity contribution in [3.8, 4) is 0 Å². The van der Waals surface area contributed by atoms with Gasteiger partial charge in [0, 0.05) is 12.4 Å². The molecule has 0 spiro atoms. The Hall–Kier alpha value is 0.480. The van der Waals surface area contributed by atoms with Gasteiger partial charge in [-0.05, 0) is 24.3 Å². The summed E-state index contributed by atoms with van der Waals surface area (Å²) in [6.45, 7) is 4.31. The van der Waals surface area contributed by atoms with Crippen LogP contribution in [0.25, 0.3) is 0 Å². The van der Waals surface area contributed by atoms with E-state index in [-0.39, 0.29) is 14.6 Å². The molecule has 0 aliphatic carbocycles. The van der Waals surface area contributed by atoms with Crippen LogP contribution >= 0.6 is 46.1 Å². The van der Waals surface area contributed by atoms with E-state index in [4.69, 9.17) is 34.8 Å². The maximum Gasteiger partial charge on any atom is 0.242 e. The van der Waals surface area contributed by atoms with Crippen molar-refractivity contribution in [1.82, 2.24) is 4.72 Å². The van der Waals surface area contributed by atoms with E-state index < -0.39 is 10.0 Å². The summed E-state index contributed by atoms with van der Waals surface area (Å²) < 4.78 is 27.3. The number of hydrogen-bond acceptors (Lipinski definition) is 3. The lowest BCUT2D eigenvalue weighted by Crippen LogP contribution is -2.34. The van der Waals surface area contributed by atoms with Crippen molar-refractivity contribution in [2.75, 3.05) is 12.4 Å². The van der Waals surface area contributed by atoms with Crippen molar-refractivity contribution in [3.05, 3.63) is 14.7 Å². The van der Waals surface area contributed by atoms with E-state index in [2.05, 4.69) is 4.72 Å². The Morgan fingerprint density at radius 3 is 2.47 bits per heavy atom. The van der Waals surface area contributed by atoms with Gasteiger partial charge in [0.15, 0.2) is 0 Å². The Bertz CT molecular complexity index is 526. The molecule has 0 aliphatic heterocycles. The van der Waals surface area contributed by atoms with Crippen LogP contribution in [0.3, 0.4) is 0 Å². The van der Waals surface area contributed by atoms with Crippen LogP contribution < -0.4 is 4.72 Å². The van der Waals surface area contributed by atoms with Crippen LogP contribution in [-0.2, 0) is 10.0 Å². The fourth-order valence-corrected chi connectivity index (χ4v) is 5.03. The average molecular weight is 365 g/mol. The van der Waals surface area contributed by atoms with Crippen molar-refractivity contribution in [1.29, 1.82) is 0 Å². The van der Waals surface area contributed by atoms with Gasteiger partial charge in [0.2, 0.25) is 10.0 Å². The molecule has 110 valence electrons. The zero-order valence-electron chi connectivity index (χ0n) is 10.7. The second kappa shape index (κ2) is 6.96. The number of rotatable bonds is 7.